The summed E-state index contributed by atoms with van der Waals surface area (Å²) < 4.78 is 71.5. The molecule has 1 saturated carbocycles. The molecule has 43 heavy (non-hydrogen) atoms. The molecule has 0 spiro atoms. The minimum atomic E-state index is -4.67. The minimum absolute atomic E-state index is 0.0121. The van der Waals surface area contributed by atoms with Gasteiger partial charge in [0.1, 0.15) is 0 Å². The largest absolute Gasteiger partial charge is 0.417 e. The Hall–Kier alpha value is -3.87. The molecule has 1 saturated heterocycles. The van der Waals surface area contributed by atoms with Gasteiger partial charge < -0.3 is 5.32 Å². The Labute approximate surface area is 245 Å². The van der Waals surface area contributed by atoms with E-state index in [1.54, 1.807) is 23.1 Å². The molecule has 1 aliphatic carbocycles. The lowest BCUT2D eigenvalue weighted by atomic mass is 9.93. The number of pyridine rings is 1. The van der Waals surface area contributed by atoms with Gasteiger partial charge in [-0.1, -0.05) is 24.3 Å². The van der Waals surface area contributed by atoms with Crippen LogP contribution in [0, 0.1) is 0 Å². The first kappa shape index (κ1) is 30.6. The van der Waals surface area contributed by atoms with Gasteiger partial charge in [0.05, 0.1) is 17.8 Å². The molecule has 2 aliphatic rings. The average molecular weight is 605 g/mol. The Kier molecular flexibility index (Phi) is 9.09. The second kappa shape index (κ2) is 12.8. The summed E-state index contributed by atoms with van der Waals surface area (Å²) >= 11 is 0. The summed E-state index contributed by atoms with van der Waals surface area (Å²) in [6, 6.07) is 10.5. The Morgan fingerprint density at radius 2 is 1.91 bits per heavy atom. The summed E-state index contributed by atoms with van der Waals surface area (Å²) in [5, 5.41) is 7.45. The number of aromatic nitrogens is 3. The number of carbonyl (C=O) groups is 2. The van der Waals surface area contributed by atoms with Crippen molar-refractivity contribution >= 4 is 18.1 Å². The van der Waals surface area contributed by atoms with Gasteiger partial charge in [-0.25, -0.2) is 18.4 Å². The smallest absolute Gasteiger partial charge is 0.353 e. The number of nitrogens with zero attached hydrogens (tertiary/aromatic N) is 5. The number of carbonyl (C=O) groups excluding carboxylic acids is 2. The molecule has 1 aromatic carbocycles. The number of halogens is 5. The van der Waals surface area contributed by atoms with Gasteiger partial charge in [0.25, 0.3) is 5.92 Å². The predicted octanol–water partition coefficient (Wildman–Crippen LogP) is 5.46. The number of hydrogen-bond acceptors (Lipinski definition) is 5. The van der Waals surface area contributed by atoms with Crippen LogP contribution in [0.3, 0.4) is 0 Å². The monoisotopic (exact) mass is 604 g/mol. The highest BCUT2D eigenvalue weighted by molar-refractivity contribution is 5.82. The molecule has 5 rings (SSSR count). The number of rotatable bonds is 11. The molecule has 2 amide bonds. The number of amides is 2. The van der Waals surface area contributed by atoms with Crippen molar-refractivity contribution in [1.29, 1.82) is 0 Å². The lowest BCUT2D eigenvalue weighted by Crippen LogP contribution is -2.47. The van der Waals surface area contributed by atoms with E-state index in [2.05, 4.69) is 15.4 Å². The number of alkyl halides is 5. The number of benzene rings is 1. The molecular weight excluding hydrogens is 571 g/mol. The van der Waals surface area contributed by atoms with Crippen molar-refractivity contribution in [3.8, 4) is 17.1 Å². The second-order valence-corrected chi connectivity index (χ2v) is 11.1. The zero-order valence-electron chi connectivity index (χ0n) is 23.4. The molecule has 2 aromatic heterocycles. The third-order valence-electron chi connectivity index (χ3n) is 7.98. The van der Waals surface area contributed by atoms with Gasteiger partial charge in [0, 0.05) is 49.3 Å². The maximum absolute atomic E-state index is 14.1. The molecule has 8 nitrogen and oxygen atoms in total. The number of nitrogens with one attached hydrogen (secondary N) is 1. The summed E-state index contributed by atoms with van der Waals surface area (Å²) in [5.74, 6) is -2.88. The summed E-state index contributed by atoms with van der Waals surface area (Å²) in [5.41, 5.74) is -1.01. The topological polar surface area (TPSA) is 83.4 Å². The maximum atomic E-state index is 14.1. The molecule has 2 fully saturated rings. The standard InChI is InChI=1S/C30H33F5N6O2/c31-29(32)13-6-15-39(19-29)16-12-22(17-28(43)37-21-7-5-8-21)40(20-42)27-18-25(41(38-27)26-11-3-4-14-36-26)23-9-1-2-10-24(23)30(33,34)35/h1-4,9-11,14,18,20-22H,5-8,12-13,15-17,19H2,(H,37,43)/t22-/m0/s1. The van der Waals surface area contributed by atoms with Gasteiger partial charge in [-0.2, -0.15) is 13.2 Å². The van der Waals surface area contributed by atoms with Gasteiger partial charge in [-0.05, 0) is 56.8 Å². The molecule has 3 aromatic rings. The van der Waals surface area contributed by atoms with Crippen LogP contribution in [0.15, 0.2) is 54.7 Å². The van der Waals surface area contributed by atoms with Crippen molar-refractivity contribution < 1.29 is 31.5 Å². The Morgan fingerprint density at radius 1 is 1.14 bits per heavy atom. The van der Waals surface area contributed by atoms with Gasteiger partial charge >= 0.3 is 6.18 Å². The first-order valence-electron chi connectivity index (χ1n) is 14.4. The van der Waals surface area contributed by atoms with E-state index >= 15 is 0 Å². The first-order valence-corrected chi connectivity index (χ1v) is 14.4. The van der Waals surface area contributed by atoms with E-state index in [4.69, 9.17) is 0 Å². The summed E-state index contributed by atoms with van der Waals surface area (Å²) in [6.45, 7) is 0.248. The number of piperidine rings is 1. The Morgan fingerprint density at radius 3 is 2.56 bits per heavy atom. The van der Waals surface area contributed by atoms with Gasteiger partial charge in [-0.15, -0.1) is 5.10 Å². The van der Waals surface area contributed by atoms with Crippen LogP contribution >= 0.6 is 0 Å². The summed E-state index contributed by atoms with van der Waals surface area (Å²) in [6.07, 6.45) is 0.191. The van der Waals surface area contributed by atoms with E-state index in [1.807, 2.05) is 0 Å². The second-order valence-electron chi connectivity index (χ2n) is 11.1. The average Bonchev–Trinajstić information content (AvgIpc) is 3.38. The molecule has 0 radical (unpaired) electrons. The minimum Gasteiger partial charge on any atom is -0.353 e. The molecule has 0 bridgehead atoms. The third-order valence-corrected chi connectivity index (χ3v) is 7.98. The fraction of sp³-hybridized carbons (Fsp3) is 0.467. The Bertz CT molecular complexity index is 1410. The fourth-order valence-corrected chi connectivity index (χ4v) is 5.58. The van der Waals surface area contributed by atoms with Gasteiger partial charge in [0.15, 0.2) is 11.6 Å². The highest BCUT2D eigenvalue weighted by Gasteiger charge is 2.37. The van der Waals surface area contributed by atoms with Crippen molar-refractivity contribution in [2.24, 2.45) is 0 Å². The van der Waals surface area contributed by atoms with Crippen LogP contribution in [-0.4, -0.2) is 69.6 Å². The van der Waals surface area contributed by atoms with Crippen molar-refractivity contribution in [2.45, 2.75) is 69.1 Å². The van der Waals surface area contributed by atoms with Gasteiger partial charge in [0.2, 0.25) is 12.3 Å². The Balaban J connectivity index is 1.51. The lowest BCUT2D eigenvalue weighted by Gasteiger charge is -2.35. The molecule has 0 unspecified atom stereocenters. The highest BCUT2D eigenvalue weighted by atomic mass is 19.4. The van der Waals surface area contributed by atoms with Crippen LogP contribution in [0.25, 0.3) is 17.1 Å². The zero-order chi connectivity index (χ0) is 30.6. The number of hydrogen-bond donors (Lipinski definition) is 1. The third kappa shape index (κ3) is 7.38. The number of anilines is 1. The van der Waals surface area contributed by atoms with E-state index in [9.17, 15) is 31.5 Å². The van der Waals surface area contributed by atoms with E-state index in [0.717, 1.165) is 25.3 Å². The van der Waals surface area contributed by atoms with Crippen LogP contribution in [-0.2, 0) is 15.8 Å². The molecule has 13 heteroatoms. The quantitative estimate of drug-likeness (QED) is 0.232. The normalized spacial score (nSPS) is 18.1. The summed E-state index contributed by atoms with van der Waals surface area (Å²) in [4.78, 5) is 32.7. The first-order chi connectivity index (χ1) is 20.5. The fourth-order valence-electron chi connectivity index (χ4n) is 5.58. The van der Waals surface area contributed by atoms with Gasteiger partial charge in [-0.3, -0.25) is 19.4 Å². The van der Waals surface area contributed by atoms with Crippen LogP contribution in [0.4, 0.5) is 27.8 Å². The number of likely N-dealkylation sites (tertiary alicyclic amines) is 1. The van der Waals surface area contributed by atoms with Crippen LogP contribution in [0.1, 0.15) is 50.5 Å². The molecule has 3 heterocycles. The molecule has 1 N–H and O–H groups in total. The van der Waals surface area contributed by atoms with Crippen LogP contribution in [0.5, 0.6) is 0 Å². The predicted molar refractivity (Wildman–Crippen MR) is 150 cm³/mol. The molecule has 1 aliphatic heterocycles. The lowest BCUT2D eigenvalue weighted by molar-refractivity contribution is -0.137. The van der Waals surface area contributed by atoms with E-state index in [0.29, 0.717) is 19.4 Å². The van der Waals surface area contributed by atoms with Crippen molar-refractivity contribution in [2.75, 3.05) is 24.5 Å². The molecule has 1 atom stereocenters. The van der Waals surface area contributed by atoms with Crippen molar-refractivity contribution in [3.05, 3.63) is 60.3 Å². The van der Waals surface area contributed by atoms with Crippen molar-refractivity contribution in [1.82, 2.24) is 25.0 Å². The van der Waals surface area contributed by atoms with Crippen LogP contribution < -0.4 is 10.2 Å². The van der Waals surface area contributed by atoms with E-state index < -0.39 is 30.2 Å². The highest BCUT2D eigenvalue weighted by Crippen LogP contribution is 2.39. The van der Waals surface area contributed by atoms with E-state index in [1.165, 1.54) is 40.0 Å². The van der Waals surface area contributed by atoms with E-state index in [-0.39, 0.29) is 60.6 Å². The van der Waals surface area contributed by atoms with Crippen LogP contribution in [0.2, 0.25) is 0 Å². The maximum Gasteiger partial charge on any atom is 0.417 e. The van der Waals surface area contributed by atoms with Crippen molar-refractivity contribution in [3.63, 3.8) is 0 Å². The summed E-state index contributed by atoms with van der Waals surface area (Å²) in [7, 11) is 0. The zero-order valence-corrected chi connectivity index (χ0v) is 23.4. The molecule has 230 valence electrons. The SMILES string of the molecule is O=CN(c1cc(-c2ccccc2C(F)(F)F)n(-c2ccccn2)n1)[C@@H](CCN1CCCC(F)(F)C1)CC(=O)NC1CCC1. The molecular formula is C30H33F5N6O2.